The van der Waals surface area contributed by atoms with Crippen LogP contribution in [0.15, 0.2) is 79.0 Å². The van der Waals surface area contributed by atoms with Gasteiger partial charge in [-0.2, -0.15) is 0 Å². The van der Waals surface area contributed by atoms with E-state index in [2.05, 4.69) is 41.2 Å². The first-order valence-electron chi connectivity index (χ1n) is 11.7. The second-order valence-electron chi connectivity index (χ2n) is 8.49. The van der Waals surface area contributed by atoms with Gasteiger partial charge in [-0.25, -0.2) is 0 Å². The van der Waals surface area contributed by atoms with Gasteiger partial charge in [0.15, 0.2) is 0 Å². The fourth-order valence-corrected chi connectivity index (χ4v) is 4.56. The number of carbonyl (C=O) groups is 1. The Morgan fingerprint density at radius 3 is 2.21 bits per heavy atom. The molecule has 0 bridgehead atoms. The third-order valence-corrected chi connectivity index (χ3v) is 6.38. The summed E-state index contributed by atoms with van der Waals surface area (Å²) in [5.74, 6) is 1.24. The van der Waals surface area contributed by atoms with E-state index >= 15 is 0 Å². The van der Waals surface area contributed by atoms with Gasteiger partial charge in [0.1, 0.15) is 11.5 Å². The maximum absolute atomic E-state index is 13.3. The lowest BCUT2D eigenvalue weighted by atomic mass is 9.87. The van der Waals surface area contributed by atoms with Crippen molar-refractivity contribution in [2.45, 2.75) is 38.8 Å². The summed E-state index contributed by atoms with van der Waals surface area (Å²) in [5.41, 5.74) is 4.35. The normalized spacial score (nSPS) is 12.8. The SMILES string of the molecule is CCn1cc([C@H](CC(=O)N[C@H](C)c2ccccc2)c2cc(OC)cc(OC)c2)c2ccccc21. The summed E-state index contributed by atoms with van der Waals surface area (Å²) in [6.07, 6.45) is 2.49. The molecule has 34 heavy (non-hydrogen) atoms. The van der Waals surface area contributed by atoms with E-state index in [1.54, 1.807) is 14.2 Å². The van der Waals surface area contributed by atoms with E-state index in [1.165, 1.54) is 0 Å². The van der Waals surface area contributed by atoms with Crippen molar-refractivity contribution in [3.63, 3.8) is 0 Å². The van der Waals surface area contributed by atoms with Gasteiger partial charge in [0, 0.05) is 42.0 Å². The Labute approximate surface area is 201 Å². The first-order chi connectivity index (χ1) is 16.5. The fraction of sp³-hybridized carbons (Fsp3) is 0.276. The van der Waals surface area contributed by atoms with E-state index in [4.69, 9.17) is 9.47 Å². The summed E-state index contributed by atoms with van der Waals surface area (Å²) in [4.78, 5) is 13.3. The van der Waals surface area contributed by atoms with Gasteiger partial charge in [-0.15, -0.1) is 0 Å². The molecular formula is C29H32N2O3. The minimum Gasteiger partial charge on any atom is -0.497 e. The number of nitrogens with zero attached hydrogens (tertiary/aromatic N) is 1. The van der Waals surface area contributed by atoms with Gasteiger partial charge >= 0.3 is 0 Å². The highest BCUT2D eigenvalue weighted by molar-refractivity contribution is 5.87. The molecule has 1 aromatic heterocycles. The summed E-state index contributed by atoms with van der Waals surface area (Å²) in [6, 6.07) is 24.2. The summed E-state index contributed by atoms with van der Waals surface area (Å²) in [5, 5.41) is 4.34. The van der Waals surface area contributed by atoms with Gasteiger partial charge < -0.3 is 19.4 Å². The summed E-state index contributed by atoms with van der Waals surface area (Å²) in [7, 11) is 3.29. The zero-order valence-corrected chi connectivity index (χ0v) is 20.2. The quantitative estimate of drug-likeness (QED) is 0.332. The van der Waals surface area contributed by atoms with Crippen molar-refractivity contribution in [2.75, 3.05) is 14.2 Å². The molecule has 0 aliphatic heterocycles. The van der Waals surface area contributed by atoms with Gasteiger partial charge in [-0.3, -0.25) is 4.79 Å². The molecule has 1 amide bonds. The number of nitrogens with one attached hydrogen (secondary N) is 1. The number of ether oxygens (including phenoxy) is 2. The zero-order chi connectivity index (χ0) is 24.1. The number of rotatable bonds is 9. The van der Waals surface area contributed by atoms with E-state index in [0.717, 1.165) is 34.1 Å². The molecule has 1 N–H and O–H groups in total. The molecule has 2 atom stereocenters. The van der Waals surface area contributed by atoms with Crippen molar-refractivity contribution >= 4 is 16.8 Å². The van der Waals surface area contributed by atoms with Gasteiger partial charge in [0.25, 0.3) is 0 Å². The van der Waals surface area contributed by atoms with E-state index in [9.17, 15) is 4.79 Å². The highest BCUT2D eigenvalue weighted by Crippen LogP contribution is 2.38. The Morgan fingerprint density at radius 2 is 1.56 bits per heavy atom. The molecular weight excluding hydrogens is 424 g/mol. The number of fused-ring (bicyclic) bond motifs is 1. The summed E-state index contributed by atoms with van der Waals surface area (Å²) < 4.78 is 13.3. The van der Waals surface area contributed by atoms with E-state index in [0.29, 0.717) is 17.9 Å². The average molecular weight is 457 g/mol. The minimum absolute atomic E-state index is 0.00327. The van der Waals surface area contributed by atoms with Crippen LogP contribution < -0.4 is 14.8 Å². The Kier molecular flexibility index (Phi) is 7.21. The Balaban J connectivity index is 1.75. The number of hydrogen-bond donors (Lipinski definition) is 1. The average Bonchev–Trinajstić information content (AvgIpc) is 3.26. The topological polar surface area (TPSA) is 52.5 Å². The molecule has 0 saturated heterocycles. The molecule has 5 nitrogen and oxygen atoms in total. The summed E-state index contributed by atoms with van der Waals surface area (Å²) >= 11 is 0. The van der Waals surface area contributed by atoms with E-state index in [1.807, 2.05) is 61.5 Å². The molecule has 0 fully saturated rings. The van der Waals surface area contributed by atoms with E-state index in [-0.39, 0.29) is 17.9 Å². The highest BCUT2D eigenvalue weighted by atomic mass is 16.5. The largest absolute Gasteiger partial charge is 0.497 e. The first-order valence-corrected chi connectivity index (χ1v) is 11.7. The van der Waals surface area contributed by atoms with Crippen molar-refractivity contribution in [2.24, 2.45) is 0 Å². The second-order valence-corrected chi connectivity index (χ2v) is 8.49. The number of benzene rings is 3. The smallest absolute Gasteiger partial charge is 0.221 e. The van der Waals surface area contributed by atoms with Crippen molar-refractivity contribution in [1.82, 2.24) is 9.88 Å². The standard InChI is InChI=1S/C29H32N2O3/c1-5-31-19-27(25-13-9-10-14-28(25)31)26(22-15-23(33-3)17-24(16-22)34-4)18-29(32)30-20(2)21-11-7-6-8-12-21/h6-17,19-20,26H,5,18H2,1-4H3,(H,30,32)/t20-,26-/m1/s1. The third kappa shape index (κ3) is 4.93. The molecule has 1 heterocycles. The number of hydrogen-bond acceptors (Lipinski definition) is 3. The Bertz CT molecular complexity index is 1240. The second kappa shape index (κ2) is 10.5. The number of aromatic nitrogens is 1. The molecule has 4 aromatic rings. The van der Waals surface area contributed by atoms with Crippen molar-refractivity contribution in [1.29, 1.82) is 0 Å². The van der Waals surface area contributed by atoms with Crippen molar-refractivity contribution in [3.8, 4) is 11.5 Å². The predicted octanol–water partition coefficient (Wildman–Crippen LogP) is 6.08. The molecule has 176 valence electrons. The number of carbonyl (C=O) groups excluding carboxylic acids is 1. The molecule has 0 radical (unpaired) electrons. The lowest BCUT2D eigenvalue weighted by molar-refractivity contribution is -0.121. The summed E-state index contributed by atoms with van der Waals surface area (Å²) in [6.45, 7) is 5.00. The van der Waals surface area contributed by atoms with Crippen LogP contribution in [0, 0.1) is 0 Å². The lowest BCUT2D eigenvalue weighted by Gasteiger charge is -2.21. The van der Waals surface area contributed by atoms with Gasteiger partial charge in [-0.05, 0) is 48.7 Å². The van der Waals surface area contributed by atoms with Crippen LogP contribution in [0.5, 0.6) is 11.5 Å². The van der Waals surface area contributed by atoms with Gasteiger partial charge in [0.2, 0.25) is 5.91 Å². The predicted molar refractivity (Wildman–Crippen MR) is 137 cm³/mol. The molecule has 0 aliphatic carbocycles. The number of amides is 1. The van der Waals surface area contributed by atoms with Crippen LogP contribution in [0.2, 0.25) is 0 Å². The van der Waals surface area contributed by atoms with Crippen LogP contribution in [-0.2, 0) is 11.3 Å². The van der Waals surface area contributed by atoms with Gasteiger partial charge in [-0.1, -0.05) is 48.5 Å². The maximum Gasteiger partial charge on any atom is 0.221 e. The van der Waals surface area contributed by atoms with Crippen LogP contribution in [0.1, 0.15) is 48.9 Å². The molecule has 0 aliphatic rings. The first kappa shape index (κ1) is 23.4. The molecule has 5 heteroatoms. The molecule has 0 saturated carbocycles. The highest BCUT2D eigenvalue weighted by Gasteiger charge is 2.24. The molecule has 4 rings (SSSR count). The van der Waals surface area contributed by atoms with Crippen LogP contribution >= 0.6 is 0 Å². The fourth-order valence-electron chi connectivity index (χ4n) is 4.56. The third-order valence-electron chi connectivity index (χ3n) is 6.38. The van der Waals surface area contributed by atoms with Gasteiger partial charge in [0.05, 0.1) is 20.3 Å². The number of para-hydroxylation sites is 1. The maximum atomic E-state index is 13.3. The lowest BCUT2D eigenvalue weighted by Crippen LogP contribution is -2.28. The van der Waals surface area contributed by atoms with Crippen LogP contribution in [0.25, 0.3) is 10.9 Å². The van der Waals surface area contributed by atoms with E-state index < -0.39 is 0 Å². The molecule has 3 aromatic carbocycles. The monoisotopic (exact) mass is 456 g/mol. The Morgan fingerprint density at radius 1 is 0.912 bits per heavy atom. The van der Waals surface area contributed by atoms with Crippen LogP contribution in [0.4, 0.5) is 0 Å². The van der Waals surface area contributed by atoms with Crippen LogP contribution in [-0.4, -0.2) is 24.7 Å². The molecule has 0 spiro atoms. The Hall–Kier alpha value is -3.73. The molecule has 0 unspecified atom stereocenters. The zero-order valence-electron chi connectivity index (χ0n) is 20.2. The van der Waals surface area contributed by atoms with Crippen LogP contribution in [0.3, 0.4) is 0 Å². The number of methoxy groups -OCH3 is 2. The van der Waals surface area contributed by atoms with Crippen molar-refractivity contribution < 1.29 is 14.3 Å². The van der Waals surface area contributed by atoms with Crippen molar-refractivity contribution in [3.05, 3.63) is 95.7 Å². The minimum atomic E-state index is -0.162. The number of aryl methyl sites for hydroxylation is 1.